The first-order valence-corrected chi connectivity index (χ1v) is 8.02. The van der Waals surface area contributed by atoms with Gasteiger partial charge in [0.2, 0.25) is 0 Å². The quantitative estimate of drug-likeness (QED) is 0.779. The summed E-state index contributed by atoms with van der Waals surface area (Å²) in [7, 11) is 0. The van der Waals surface area contributed by atoms with Gasteiger partial charge in [-0.3, -0.25) is 0 Å². The summed E-state index contributed by atoms with van der Waals surface area (Å²) in [6, 6.07) is 12.0. The van der Waals surface area contributed by atoms with E-state index in [1.807, 2.05) is 19.1 Å². The second-order valence-corrected chi connectivity index (χ2v) is 6.35. The molecule has 1 atom stereocenters. The molecule has 0 saturated carbocycles. The Morgan fingerprint density at radius 3 is 2.52 bits per heavy atom. The zero-order valence-corrected chi connectivity index (χ0v) is 13.5. The SMILES string of the molecule is CCCOC(=O)c1ccc(NC(C)c2ccc(C)s2)cc1. The largest absolute Gasteiger partial charge is 0.462 e. The molecule has 1 N–H and O–H groups in total. The number of hydrogen-bond donors (Lipinski definition) is 1. The lowest BCUT2D eigenvalue weighted by atomic mass is 10.2. The van der Waals surface area contributed by atoms with Crippen LogP contribution in [0, 0.1) is 6.92 Å². The highest BCUT2D eigenvalue weighted by Crippen LogP contribution is 2.25. The number of hydrogen-bond acceptors (Lipinski definition) is 4. The highest BCUT2D eigenvalue weighted by atomic mass is 32.1. The standard InChI is InChI=1S/C17H21NO2S/c1-4-11-20-17(19)14-6-8-15(9-7-14)18-13(3)16-10-5-12(2)21-16/h5-10,13,18H,4,11H2,1-3H3. The maximum Gasteiger partial charge on any atom is 0.338 e. The second kappa shape index (κ2) is 7.27. The van der Waals surface area contributed by atoms with Gasteiger partial charge in [0, 0.05) is 15.4 Å². The van der Waals surface area contributed by atoms with Gasteiger partial charge in [-0.05, 0) is 56.7 Å². The van der Waals surface area contributed by atoms with Gasteiger partial charge in [0.1, 0.15) is 0 Å². The summed E-state index contributed by atoms with van der Waals surface area (Å²) in [4.78, 5) is 14.3. The Kier molecular flexibility index (Phi) is 5.39. The first kappa shape index (κ1) is 15.6. The molecule has 0 amide bonds. The molecule has 0 aliphatic carbocycles. The van der Waals surface area contributed by atoms with E-state index in [0.717, 1.165) is 12.1 Å². The van der Waals surface area contributed by atoms with Gasteiger partial charge in [-0.1, -0.05) is 6.92 Å². The van der Waals surface area contributed by atoms with E-state index in [-0.39, 0.29) is 12.0 Å². The van der Waals surface area contributed by atoms with Gasteiger partial charge in [0.15, 0.2) is 0 Å². The normalized spacial score (nSPS) is 12.0. The van der Waals surface area contributed by atoms with Gasteiger partial charge in [-0.2, -0.15) is 0 Å². The van der Waals surface area contributed by atoms with Crippen molar-refractivity contribution in [2.45, 2.75) is 33.2 Å². The Morgan fingerprint density at radius 2 is 1.95 bits per heavy atom. The van der Waals surface area contributed by atoms with Crippen LogP contribution in [0.4, 0.5) is 5.69 Å². The van der Waals surface area contributed by atoms with Crippen LogP contribution in [-0.2, 0) is 4.74 Å². The van der Waals surface area contributed by atoms with Crippen molar-refractivity contribution in [3.05, 3.63) is 51.7 Å². The monoisotopic (exact) mass is 303 g/mol. The average Bonchev–Trinajstić information content (AvgIpc) is 2.92. The number of aryl methyl sites for hydroxylation is 1. The van der Waals surface area contributed by atoms with E-state index in [1.54, 1.807) is 23.5 Å². The fourth-order valence-corrected chi connectivity index (χ4v) is 2.87. The van der Waals surface area contributed by atoms with Crippen molar-refractivity contribution in [2.24, 2.45) is 0 Å². The number of nitrogens with one attached hydrogen (secondary N) is 1. The van der Waals surface area contributed by atoms with Crippen LogP contribution >= 0.6 is 11.3 Å². The Hall–Kier alpha value is -1.81. The lowest BCUT2D eigenvalue weighted by Gasteiger charge is -2.14. The summed E-state index contributed by atoms with van der Waals surface area (Å²) in [5.41, 5.74) is 1.59. The Morgan fingerprint density at radius 1 is 1.24 bits per heavy atom. The van der Waals surface area contributed by atoms with E-state index in [2.05, 4.69) is 31.3 Å². The molecule has 3 nitrogen and oxygen atoms in total. The van der Waals surface area contributed by atoms with Crippen LogP contribution in [0.1, 0.15) is 46.4 Å². The molecule has 1 unspecified atom stereocenters. The molecule has 1 heterocycles. The molecular formula is C17H21NO2S. The zero-order valence-electron chi connectivity index (χ0n) is 12.7. The molecule has 0 aliphatic rings. The predicted octanol–water partition coefficient (Wildman–Crippen LogP) is 4.80. The molecule has 0 radical (unpaired) electrons. The van der Waals surface area contributed by atoms with Crippen molar-refractivity contribution in [2.75, 3.05) is 11.9 Å². The van der Waals surface area contributed by atoms with E-state index in [4.69, 9.17) is 4.74 Å². The van der Waals surface area contributed by atoms with Crippen LogP contribution < -0.4 is 5.32 Å². The molecule has 0 spiro atoms. The minimum Gasteiger partial charge on any atom is -0.462 e. The first-order valence-electron chi connectivity index (χ1n) is 7.20. The van der Waals surface area contributed by atoms with Crippen LogP contribution in [0.15, 0.2) is 36.4 Å². The molecule has 1 aromatic carbocycles. The van der Waals surface area contributed by atoms with Crippen LogP contribution in [0.5, 0.6) is 0 Å². The molecule has 0 fully saturated rings. The molecule has 112 valence electrons. The van der Waals surface area contributed by atoms with Crippen molar-refractivity contribution in [1.29, 1.82) is 0 Å². The maximum absolute atomic E-state index is 11.7. The number of esters is 1. The van der Waals surface area contributed by atoms with Crippen molar-refractivity contribution < 1.29 is 9.53 Å². The fourth-order valence-electron chi connectivity index (χ4n) is 1.99. The molecule has 0 aliphatic heterocycles. The molecule has 0 saturated heterocycles. The molecular weight excluding hydrogens is 282 g/mol. The Bertz CT molecular complexity index is 589. The molecule has 4 heteroatoms. The third-order valence-electron chi connectivity index (χ3n) is 3.13. The van der Waals surface area contributed by atoms with Gasteiger partial charge < -0.3 is 10.1 Å². The Balaban J connectivity index is 1.97. The average molecular weight is 303 g/mol. The lowest BCUT2D eigenvalue weighted by molar-refractivity contribution is 0.0505. The van der Waals surface area contributed by atoms with E-state index in [0.29, 0.717) is 12.2 Å². The third kappa shape index (κ3) is 4.33. The molecule has 1 aromatic heterocycles. The minimum atomic E-state index is -0.259. The maximum atomic E-state index is 11.7. The van der Waals surface area contributed by atoms with E-state index >= 15 is 0 Å². The number of carbonyl (C=O) groups excluding carboxylic acids is 1. The van der Waals surface area contributed by atoms with Crippen molar-refractivity contribution in [3.8, 4) is 0 Å². The number of anilines is 1. The van der Waals surface area contributed by atoms with E-state index in [1.165, 1.54) is 9.75 Å². The number of thiophene rings is 1. The summed E-state index contributed by atoms with van der Waals surface area (Å²) < 4.78 is 5.11. The predicted molar refractivity (Wildman–Crippen MR) is 88.1 cm³/mol. The lowest BCUT2D eigenvalue weighted by Crippen LogP contribution is -2.07. The summed E-state index contributed by atoms with van der Waals surface area (Å²) in [5.74, 6) is -0.259. The molecule has 2 rings (SSSR count). The van der Waals surface area contributed by atoms with Crippen LogP contribution in [0.25, 0.3) is 0 Å². The first-order chi connectivity index (χ1) is 10.1. The Labute approximate surface area is 130 Å². The number of ether oxygens (including phenoxy) is 1. The number of carbonyl (C=O) groups is 1. The van der Waals surface area contributed by atoms with Crippen LogP contribution in [0.2, 0.25) is 0 Å². The second-order valence-electron chi connectivity index (χ2n) is 5.03. The highest BCUT2D eigenvalue weighted by Gasteiger charge is 2.09. The fraction of sp³-hybridized carbons (Fsp3) is 0.353. The van der Waals surface area contributed by atoms with E-state index in [9.17, 15) is 4.79 Å². The van der Waals surface area contributed by atoms with Gasteiger partial charge in [-0.25, -0.2) is 4.79 Å². The summed E-state index contributed by atoms with van der Waals surface area (Å²) >= 11 is 1.80. The topological polar surface area (TPSA) is 38.3 Å². The van der Waals surface area contributed by atoms with Crippen molar-refractivity contribution in [1.82, 2.24) is 0 Å². The summed E-state index contributed by atoms with van der Waals surface area (Å²) in [5, 5.41) is 3.44. The summed E-state index contributed by atoms with van der Waals surface area (Å²) in [6.07, 6.45) is 0.836. The van der Waals surface area contributed by atoms with E-state index < -0.39 is 0 Å². The van der Waals surface area contributed by atoms with Crippen molar-refractivity contribution in [3.63, 3.8) is 0 Å². The molecule has 0 bridgehead atoms. The molecule has 2 aromatic rings. The van der Waals surface area contributed by atoms with Crippen molar-refractivity contribution >= 4 is 23.0 Å². The number of benzene rings is 1. The summed E-state index contributed by atoms with van der Waals surface area (Å²) in [6.45, 7) is 6.69. The smallest absolute Gasteiger partial charge is 0.338 e. The van der Waals surface area contributed by atoms with Crippen LogP contribution in [-0.4, -0.2) is 12.6 Å². The number of rotatable bonds is 6. The molecule has 21 heavy (non-hydrogen) atoms. The minimum absolute atomic E-state index is 0.251. The third-order valence-corrected chi connectivity index (χ3v) is 4.31. The van der Waals surface area contributed by atoms with Crippen LogP contribution in [0.3, 0.4) is 0 Å². The zero-order chi connectivity index (χ0) is 15.2. The van der Waals surface area contributed by atoms with Gasteiger partial charge in [-0.15, -0.1) is 11.3 Å². The van der Waals surface area contributed by atoms with Gasteiger partial charge in [0.25, 0.3) is 0 Å². The van der Waals surface area contributed by atoms with Gasteiger partial charge in [0.05, 0.1) is 18.2 Å². The highest BCUT2D eigenvalue weighted by molar-refractivity contribution is 7.12. The van der Waals surface area contributed by atoms with Gasteiger partial charge >= 0.3 is 5.97 Å².